The Kier molecular flexibility index (Phi) is 3.76. The van der Waals surface area contributed by atoms with E-state index in [1.54, 1.807) is 16.6 Å². The number of carbonyl (C=O) groups is 1. The molecule has 0 unspecified atom stereocenters. The lowest BCUT2D eigenvalue weighted by Gasteiger charge is -2.19. The van der Waals surface area contributed by atoms with Crippen LogP contribution in [0.4, 0.5) is 11.5 Å². The van der Waals surface area contributed by atoms with Gasteiger partial charge in [-0.15, -0.1) is 0 Å². The molecule has 6 heteroatoms. The number of amides is 1. The fourth-order valence-corrected chi connectivity index (χ4v) is 1.58. The number of aromatic nitrogens is 2. The Labute approximate surface area is 95.4 Å². The van der Waals surface area contributed by atoms with Crippen LogP contribution >= 0.6 is 0 Å². The van der Waals surface area contributed by atoms with E-state index < -0.39 is 0 Å². The minimum absolute atomic E-state index is 0.0524. The molecule has 1 aromatic heterocycles. The van der Waals surface area contributed by atoms with Gasteiger partial charge in [0.2, 0.25) is 5.91 Å². The highest BCUT2D eigenvalue weighted by Gasteiger charge is 2.16. The molecule has 0 bridgehead atoms. The molecule has 0 radical (unpaired) electrons. The van der Waals surface area contributed by atoms with Gasteiger partial charge in [0.25, 0.3) is 0 Å². The van der Waals surface area contributed by atoms with Gasteiger partial charge in [0.1, 0.15) is 0 Å². The number of nitrogens with zero attached hydrogens (tertiary/aromatic N) is 3. The third kappa shape index (κ3) is 2.26. The summed E-state index contributed by atoms with van der Waals surface area (Å²) in [5, 5.41) is 6.88. The maximum atomic E-state index is 11.3. The highest BCUT2D eigenvalue weighted by Crippen LogP contribution is 2.25. The first-order valence-electron chi connectivity index (χ1n) is 5.25. The summed E-state index contributed by atoms with van der Waals surface area (Å²) < 4.78 is 1.80. The van der Waals surface area contributed by atoms with Crippen LogP contribution in [-0.4, -0.2) is 36.3 Å². The van der Waals surface area contributed by atoms with Crippen molar-refractivity contribution < 1.29 is 4.79 Å². The molecule has 0 saturated heterocycles. The van der Waals surface area contributed by atoms with Gasteiger partial charge < -0.3 is 16.0 Å². The van der Waals surface area contributed by atoms with Crippen molar-refractivity contribution in [2.24, 2.45) is 0 Å². The Morgan fingerprint density at radius 1 is 1.62 bits per heavy atom. The van der Waals surface area contributed by atoms with Crippen LogP contribution < -0.4 is 16.0 Å². The van der Waals surface area contributed by atoms with E-state index in [0.29, 0.717) is 5.69 Å². The number of carbonyl (C=O) groups excluding carboxylic acids is 1. The standard InChI is InChI=1S/C10H19N5O/c1-5-15-10(9(11)7(2)13-15)14(4)6-8(16)12-3/h5-6,11H2,1-4H3,(H,12,16). The van der Waals surface area contributed by atoms with E-state index in [9.17, 15) is 4.79 Å². The summed E-state index contributed by atoms with van der Waals surface area (Å²) in [4.78, 5) is 13.1. The number of aryl methyl sites for hydroxylation is 2. The average Bonchev–Trinajstić information content (AvgIpc) is 2.54. The van der Waals surface area contributed by atoms with Gasteiger partial charge in [0.15, 0.2) is 5.82 Å². The van der Waals surface area contributed by atoms with Crippen LogP contribution in [0.25, 0.3) is 0 Å². The molecule has 0 saturated carbocycles. The molecule has 0 aromatic carbocycles. The number of hydrogen-bond acceptors (Lipinski definition) is 4. The summed E-state index contributed by atoms with van der Waals surface area (Å²) in [5.74, 6) is 0.743. The number of anilines is 2. The zero-order chi connectivity index (χ0) is 12.3. The maximum absolute atomic E-state index is 11.3. The number of hydrogen-bond donors (Lipinski definition) is 2. The molecule has 90 valence electrons. The molecule has 1 amide bonds. The summed E-state index contributed by atoms with van der Waals surface area (Å²) in [6.07, 6.45) is 0. The van der Waals surface area contributed by atoms with Gasteiger partial charge in [0.05, 0.1) is 17.9 Å². The molecule has 1 rings (SSSR count). The Morgan fingerprint density at radius 2 is 2.25 bits per heavy atom. The van der Waals surface area contributed by atoms with Crippen molar-refractivity contribution in [2.75, 3.05) is 31.3 Å². The third-order valence-corrected chi connectivity index (χ3v) is 2.47. The Balaban J connectivity index is 2.97. The molecule has 0 aliphatic rings. The van der Waals surface area contributed by atoms with E-state index >= 15 is 0 Å². The smallest absolute Gasteiger partial charge is 0.239 e. The van der Waals surface area contributed by atoms with Crippen molar-refractivity contribution in [1.82, 2.24) is 15.1 Å². The molecule has 0 aliphatic carbocycles. The van der Waals surface area contributed by atoms with Crippen molar-refractivity contribution in [3.05, 3.63) is 5.69 Å². The number of likely N-dealkylation sites (N-methyl/N-ethyl adjacent to an activating group) is 2. The average molecular weight is 225 g/mol. The maximum Gasteiger partial charge on any atom is 0.239 e. The van der Waals surface area contributed by atoms with Crippen molar-refractivity contribution in [3.63, 3.8) is 0 Å². The normalized spacial score (nSPS) is 10.2. The number of nitrogen functional groups attached to an aromatic ring is 1. The van der Waals surface area contributed by atoms with E-state index in [4.69, 9.17) is 5.73 Å². The van der Waals surface area contributed by atoms with Crippen molar-refractivity contribution in [2.45, 2.75) is 20.4 Å². The Morgan fingerprint density at radius 3 is 2.75 bits per heavy atom. The van der Waals surface area contributed by atoms with Gasteiger partial charge in [-0.2, -0.15) is 5.10 Å². The monoisotopic (exact) mass is 225 g/mol. The first kappa shape index (κ1) is 12.4. The molecule has 1 aromatic rings. The largest absolute Gasteiger partial charge is 0.394 e. The van der Waals surface area contributed by atoms with E-state index in [2.05, 4.69) is 10.4 Å². The number of nitrogens with one attached hydrogen (secondary N) is 1. The van der Waals surface area contributed by atoms with Gasteiger partial charge in [-0.05, 0) is 13.8 Å². The topological polar surface area (TPSA) is 76.2 Å². The second kappa shape index (κ2) is 4.87. The molecule has 6 nitrogen and oxygen atoms in total. The molecule has 3 N–H and O–H groups in total. The molecule has 0 aliphatic heterocycles. The number of nitrogens with two attached hydrogens (primary N) is 1. The molecule has 0 spiro atoms. The quantitative estimate of drug-likeness (QED) is 0.755. The van der Waals surface area contributed by atoms with Crippen LogP contribution in [0.3, 0.4) is 0 Å². The predicted molar refractivity (Wildman–Crippen MR) is 64.4 cm³/mol. The molecule has 16 heavy (non-hydrogen) atoms. The SMILES string of the molecule is CCn1nc(C)c(N)c1N(C)CC(=O)NC. The van der Waals surface area contributed by atoms with Gasteiger partial charge in [-0.3, -0.25) is 4.79 Å². The Bertz CT molecular complexity index is 385. The number of rotatable bonds is 4. The van der Waals surface area contributed by atoms with Gasteiger partial charge in [-0.1, -0.05) is 0 Å². The molecule has 0 fully saturated rings. The third-order valence-electron chi connectivity index (χ3n) is 2.47. The lowest BCUT2D eigenvalue weighted by atomic mass is 10.3. The second-order valence-electron chi connectivity index (χ2n) is 3.67. The van der Waals surface area contributed by atoms with E-state index in [-0.39, 0.29) is 12.5 Å². The van der Waals surface area contributed by atoms with Gasteiger partial charge >= 0.3 is 0 Å². The van der Waals surface area contributed by atoms with Crippen molar-refractivity contribution in [3.8, 4) is 0 Å². The summed E-state index contributed by atoms with van der Waals surface area (Å²) in [5.41, 5.74) is 7.37. The highest BCUT2D eigenvalue weighted by molar-refractivity contribution is 5.82. The summed E-state index contributed by atoms with van der Waals surface area (Å²) in [6.45, 7) is 4.85. The first-order valence-corrected chi connectivity index (χ1v) is 5.25. The van der Waals surface area contributed by atoms with Gasteiger partial charge in [-0.25, -0.2) is 4.68 Å². The molecular weight excluding hydrogens is 206 g/mol. The van der Waals surface area contributed by atoms with Crippen LogP contribution in [0.1, 0.15) is 12.6 Å². The van der Waals surface area contributed by atoms with Crippen molar-refractivity contribution in [1.29, 1.82) is 0 Å². The van der Waals surface area contributed by atoms with E-state index in [1.807, 2.05) is 20.9 Å². The minimum atomic E-state index is -0.0524. The molecular formula is C10H19N5O. The van der Waals surface area contributed by atoms with Crippen molar-refractivity contribution >= 4 is 17.4 Å². The zero-order valence-electron chi connectivity index (χ0n) is 10.2. The van der Waals surface area contributed by atoms with Crippen LogP contribution in [-0.2, 0) is 11.3 Å². The lowest BCUT2D eigenvalue weighted by molar-refractivity contribution is -0.119. The first-order chi connectivity index (χ1) is 7.51. The zero-order valence-corrected chi connectivity index (χ0v) is 10.2. The summed E-state index contributed by atoms with van der Waals surface area (Å²) in [6, 6.07) is 0. The minimum Gasteiger partial charge on any atom is -0.394 e. The van der Waals surface area contributed by atoms with E-state index in [1.165, 1.54) is 0 Å². The fourth-order valence-electron chi connectivity index (χ4n) is 1.58. The van der Waals surface area contributed by atoms with Crippen LogP contribution in [0.5, 0.6) is 0 Å². The second-order valence-corrected chi connectivity index (χ2v) is 3.67. The predicted octanol–water partition coefficient (Wildman–Crippen LogP) is -0.0242. The lowest BCUT2D eigenvalue weighted by Crippen LogP contribution is -2.34. The molecule has 0 atom stereocenters. The molecule has 1 heterocycles. The summed E-state index contributed by atoms with van der Waals surface area (Å²) >= 11 is 0. The van der Waals surface area contributed by atoms with Gasteiger partial charge in [0, 0.05) is 20.6 Å². The highest BCUT2D eigenvalue weighted by atomic mass is 16.1. The van der Waals surface area contributed by atoms with E-state index in [0.717, 1.165) is 18.1 Å². The van der Waals surface area contributed by atoms with Crippen LogP contribution in [0.15, 0.2) is 0 Å². The fraction of sp³-hybridized carbons (Fsp3) is 0.600. The summed E-state index contributed by atoms with van der Waals surface area (Å²) in [7, 11) is 3.44. The Hall–Kier alpha value is -1.72. The van der Waals surface area contributed by atoms with Crippen LogP contribution in [0, 0.1) is 6.92 Å². The van der Waals surface area contributed by atoms with Crippen LogP contribution in [0.2, 0.25) is 0 Å².